The Bertz CT molecular complexity index is 987. The van der Waals surface area contributed by atoms with Crippen LogP contribution in [0.4, 0.5) is 5.69 Å². The van der Waals surface area contributed by atoms with E-state index in [-0.39, 0.29) is 16.1 Å². The lowest BCUT2D eigenvalue weighted by Gasteiger charge is -2.06. The van der Waals surface area contributed by atoms with E-state index in [9.17, 15) is 18.8 Å². The number of rotatable bonds is 4. The van der Waals surface area contributed by atoms with Crippen LogP contribution in [0.15, 0.2) is 58.4 Å². The summed E-state index contributed by atoms with van der Waals surface area (Å²) in [6.07, 6.45) is 0.952. The number of carbonyl (C=O) groups excluding carboxylic acids is 1. The van der Waals surface area contributed by atoms with Crippen LogP contribution in [0, 0.1) is 11.3 Å². The number of halogens is 1. The van der Waals surface area contributed by atoms with Gasteiger partial charge < -0.3 is 9.29 Å². The van der Waals surface area contributed by atoms with E-state index in [4.69, 9.17) is 11.6 Å². The van der Waals surface area contributed by atoms with Gasteiger partial charge in [0.15, 0.2) is 4.86 Å². The molecule has 1 atom stereocenters. The summed E-state index contributed by atoms with van der Waals surface area (Å²) >= 11 is 5.90. The van der Waals surface area contributed by atoms with Gasteiger partial charge in [-0.2, -0.15) is 5.26 Å². The molecule has 0 fully saturated rings. The number of hydrogen-bond acceptors (Lipinski definition) is 5. The monoisotopic (exact) mass is 376 g/mol. The van der Waals surface area contributed by atoms with Crippen molar-refractivity contribution in [3.05, 3.63) is 59.1 Å². The van der Waals surface area contributed by atoms with E-state index in [1.165, 1.54) is 37.4 Å². The zero-order chi connectivity index (χ0) is 18.4. The number of nitriles is 1. The van der Waals surface area contributed by atoms with Crippen molar-refractivity contribution >= 4 is 44.1 Å². The Kier molecular flexibility index (Phi) is 5.93. The van der Waals surface area contributed by atoms with Crippen LogP contribution in [0.1, 0.15) is 10.4 Å². The smallest absolute Gasteiger partial charge is 0.340 e. The van der Waals surface area contributed by atoms with Crippen molar-refractivity contribution in [1.82, 2.24) is 0 Å². The molecule has 0 radical (unpaired) electrons. The van der Waals surface area contributed by atoms with Gasteiger partial charge in [0.1, 0.15) is 15.9 Å². The number of esters is 1. The van der Waals surface area contributed by atoms with Crippen LogP contribution < -0.4 is 0 Å². The van der Waals surface area contributed by atoms with E-state index >= 15 is 0 Å². The second kappa shape index (κ2) is 7.94. The van der Waals surface area contributed by atoms with Crippen LogP contribution in [-0.4, -0.2) is 32.9 Å². The summed E-state index contributed by atoms with van der Waals surface area (Å²) in [6.45, 7) is 0. The molecule has 25 heavy (non-hydrogen) atoms. The van der Waals surface area contributed by atoms with E-state index in [2.05, 4.69) is 9.73 Å². The van der Waals surface area contributed by atoms with Crippen molar-refractivity contribution in [3.63, 3.8) is 0 Å². The molecule has 6 nitrogen and oxygen atoms in total. The predicted octanol–water partition coefficient (Wildman–Crippen LogP) is 3.34. The lowest BCUT2D eigenvalue weighted by Crippen LogP contribution is -2.14. The summed E-state index contributed by atoms with van der Waals surface area (Å²) in [6, 6.07) is 13.7. The Labute approximate surface area is 150 Å². The molecular weight excluding hydrogens is 364 g/mol. The summed E-state index contributed by atoms with van der Waals surface area (Å²) in [5.74, 6) is -0.643. The standard InChI is InChI=1S/C17H13ClN2O4S/c1-24-17(21)15-8-7-12(18)9-16(15)20-11-14(10-19)25(22,23)13-5-3-2-4-6-13/h2-9,11H,1H3,(H,22,23). The summed E-state index contributed by atoms with van der Waals surface area (Å²) in [5.41, 5.74) is 0.236. The largest absolute Gasteiger partial charge is 0.465 e. The molecule has 0 heterocycles. The first-order chi connectivity index (χ1) is 11.9. The predicted molar refractivity (Wildman–Crippen MR) is 97.0 cm³/mol. The van der Waals surface area contributed by atoms with Gasteiger partial charge in [0, 0.05) is 5.02 Å². The zero-order valence-corrected chi connectivity index (χ0v) is 14.6. The van der Waals surface area contributed by atoms with Gasteiger partial charge in [-0.05, 0) is 30.3 Å². The van der Waals surface area contributed by atoms with Crippen molar-refractivity contribution in [2.45, 2.75) is 4.90 Å². The number of ether oxygens (including phenoxy) is 1. The highest BCUT2D eigenvalue weighted by atomic mass is 35.5. The van der Waals surface area contributed by atoms with Gasteiger partial charge in [-0.15, -0.1) is 0 Å². The lowest BCUT2D eigenvalue weighted by molar-refractivity contribution is 0.0601. The molecule has 0 saturated carbocycles. The van der Waals surface area contributed by atoms with Crippen molar-refractivity contribution < 1.29 is 18.3 Å². The second-order valence-electron chi connectivity index (χ2n) is 4.73. The normalized spacial score (nSPS) is 13.0. The number of benzene rings is 2. The summed E-state index contributed by atoms with van der Waals surface area (Å²) < 4.78 is 27.5. The maximum Gasteiger partial charge on any atom is 0.340 e. The Morgan fingerprint density at radius 2 is 2.00 bits per heavy atom. The topological polar surface area (TPSA) is 99.8 Å². The second-order valence-corrected chi connectivity index (χ2v) is 7.13. The molecule has 0 spiro atoms. The maximum atomic E-state index is 12.6. The Balaban J connectivity index is 2.56. The molecule has 128 valence electrons. The third kappa shape index (κ3) is 4.25. The van der Waals surface area contributed by atoms with E-state index in [0.717, 1.165) is 6.21 Å². The Morgan fingerprint density at radius 3 is 2.60 bits per heavy atom. The molecule has 2 aromatic carbocycles. The van der Waals surface area contributed by atoms with Crippen molar-refractivity contribution in [3.8, 4) is 6.07 Å². The van der Waals surface area contributed by atoms with Gasteiger partial charge >= 0.3 is 5.97 Å². The van der Waals surface area contributed by atoms with Crippen LogP contribution in [0.5, 0.6) is 0 Å². The van der Waals surface area contributed by atoms with Crippen LogP contribution in [0.2, 0.25) is 5.02 Å². The Morgan fingerprint density at radius 1 is 1.32 bits per heavy atom. The quantitative estimate of drug-likeness (QED) is 0.501. The van der Waals surface area contributed by atoms with Crippen molar-refractivity contribution in [1.29, 1.82) is 5.26 Å². The number of aliphatic imine (C=N–C) groups is 1. The first-order valence-corrected chi connectivity index (χ1v) is 8.80. The SMILES string of the molecule is COC(=O)c1ccc(Cl)cc1N=CC(C#N)=S(=O)(O)c1ccccc1. The fourth-order valence-electron chi connectivity index (χ4n) is 1.92. The van der Waals surface area contributed by atoms with Crippen molar-refractivity contribution in [2.75, 3.05) is 7.11 Å². The van der Waals surface area contributed by atoms with Crippen LogP contribution in [0.3, 0.4) is 0 Å². The molecule has 8 heteroatoms. The van der Waals surface area contributed by atoms with E-state index in [1.807, 2.05) is 0 Å². The van der Waals surface area contributed by atoms with E-state index in [1.54, 1.807) is 24.3 Å². The van der Waals surface area contributed by atoms with Crippen LogP contribution in [-0.2, 0) is 14.5 Å². The Hall–Kier alpha value is -2.66. The van der Waals surface area contributed by atoms with Gasteiger partial charge in [0.2, 0.25) is 0 Å². The first kappa shape index (κ1) is 18.7. The lowest BCUT2D eigenvalue weighted by atomic mass is 10.2. The van der Waals surface area contributed by atoms with Gasteiger partial charge in [-0.25, -0.2) is 9.00 Å². The van der Waals surface area contributed by atoms with Gasteiger partial charge in [0.05, 0.1) is 29.5 Å². The molecule has 1 N–H and O–H groups in total. The van der Waals surface area contributed by atoms with Gasteiger partial charge in [-0.3, -0.25) is 4.99 Å². The molecule has 0 amide bonds. The highest BCUT2D eigenvalue weighted by molar-refractivity contribution is 7.98. The average Bonchev–Trinajstić information content (AvgIpc) is 2.62. The van der Waals surface area contributed by atoms with Crippen LogP contribution in [0.25, 0.3) is 0 Å². The maximum absolute atomic E-state index is 12.6. The molecule has 0 saturated heterocycles. The third-order valence-corrected chi connectivity index (χ3v) is 5.10. The third-order valence-electron chi connectivity index (χ3n) is 3.16. The summed E-state index contributed by atoms with van der Waals surface area (Å²) in [4.78, 5) is 15.4. The van der Waals surface area contributed by atoms with Crippen LogP contribution >= 0.6 is 11.6 Å². The minimum absolute atomic E-state index is 0.0808. The number of hydrogen-bond donors (Lipinski definition) is 1. The molecule has 0 aliphatic heterocycles. The minimum atomic E-state index is -3.76. The van der Waals surface area contributed by atoms with Gasteiger partial charge in [-0.1, -0.05) is 29.8 Å². The molecule has 2 rings (SSSR count). The molecule has 2 aromatic rings. The fourth-order valence-corrected chi connectivity index (χ4v) is 3.18. The van der Waals surface area contributed by atoms with Gasteiger partial charge in [0.25, 0.3) is 0 Å². The summed E-state index contributed by atoms with van der Waals surface area (Å²) in [5, 5.41) is 9.56. The molecule has 0 aliphatic rings. The summed E-state index contributed by atoms with van der Waals surface area (Å²) in [7, 11) is -2.55. The number of carbonyl (C=O) groups is 1. The first-order valence-electron chi connectivity index (χ1n) is 6.91. The number of nitrogens with zero attached hydrogens (tertiary/aromatic N) is 2. The molecule has 1 unspecified atom stereocenters. The minimum Gasteiger partial charge on any atom is -0.465 e. The van der Waals surface area contributed by atoms with Crippen molar-refractivity contribution in [2.24, 2.45) is 4.99 Å². The van der Waals surface area contributed by atoms with E-state index in [0.29, 0.717) is 5.02 Å². The fraction of sp³-hybridized carbons (Fsp3) is 0.0588. The highest BCUT2D eigenvalue weighted by Crippen LogP contribution is 2.24. The highest BCUT2D eigenvalue weighted by Gasteiger charge is 2.15. The average molecular weight is 377 g/mol. The molecule has 0 aromatic heterocycles. The number of methoxy groups -OCH3 is 1. The zero-order valence-electron chi connectivity index (χ0n) is 13.0. The van der Waals surface area contributed by atoms with E-state index < -0.39 is 20.6 Å². The molecular formula is C17H13ClN2O4S. The molecule has 0 aliphatic carbocycles. The molecule has 0 bridgehead atoms.